The van der Waals surface area contributed by atoms with Crippen LogP contribution in [0.25, 0.3) is 0 Å². The van der Waals surface area contributed by atoms with E-state index in [1.165, 1.54) is 12.8 Å². The van der Waals surface area contributed by atoms with Crippen LogP contribution < -0.4 is 0 Å². The van der Waals surface area contributed by atoms with E-state index in [0.717, 1.165) is 6.42 Å². The quantitative estimate of drug-likeness (QED) is 0.551. The number of hydrogen-bond donors (Lipinski definition) is 0. The van der Waals surface area contributed by atoms with Crippen LogP contribution in [0, 0.1) is 27.6 Å². The molecule has 45 valence electrons. The Morgan fingerprint density at radius 1 is 1.57 bits per heavy atom. The largest absolute Gasteiger partial charge is 0.346 e. The van der Waals surface area contributed by atoms with Crippen LogP contribution in [0.1, 0.15) is 26.2 Å². The SMILES string of the molecule is [Am].[CH2-]CC[CH-]CC. The third-order valence-corrected chi connectivity index (χ3v) is 0.697. The molecule has 0 rings (SSSR count). The minimum atomic E-state index is 0. The normalized spacial score (nSPS) is 7.71. The first-order valence-corrected chi connectivity index (χ1v) is 2.52. The van der Waals surface area contributed by atoms with Crippen molar-refractivity contribution >= 4 is 0 Å². The van der Waals surface area contributed by atoms with Crippen LogP contribution in [0.3, 0.4) is 0 Å². The van der Waals surface area contributed by atoms with E-state index in [1.807, 2.05) is 0 Å². The average molecular weight is 327 g/mol. The Balaban J connectivity index is 0. The van der Waals surface area contributed by atoms with E-state index in [-0.39, 0.29) is 14.3 Å². The third kappa shape index (κ3) is 10.7. The summed E-state index contributed by atoms with van der Waals surface area (Å²) >= 11 is 0. The molecule has 0 heterocycles. The molecule has 1 heteroatoms. The van der Waals surface area contributed by atoms with Gasteiger partial charge in [0.2, 0.25) is 0 Å². The van der Waals surface area contributed by atoms with Crippen LogP contribution in [0.15, 0.2) is 0 Å². The molecule has 0 fully saturated rings. The molecule has 0 aliphatic rings. The second-order valence-corrected chi connectivity index (χ2v) is 1.34. The van der Waals surface area contributed by atoms with Crippen molar-refractivity contribution in [3.63, 3.8) is 0 Å². The van der Waals surface area contributed by atoms with Gasteiger partial charge in [0.1, 0.15) is 0 Å². The first kappa shape index (κ1) is 10.4. The molecule has 0 atom stereocenters. The molecule has 0 spiro atoms. The second-order valence-electron chi connectivity index (χ2n) is 1.34. The van der Waals surface area contributed by atoms with Crippen LogP contribution in [0.5, 0.6) is 0 Å². The standard InChI is InChI=1S/C6H12.Am/c1-3-5-6-4-2;/h6H,1,3-5H2,2H3;/q-2;. The molecule has 0 aromatic heterocycles. The molecule has 0 aromatic carbocycles. The molecule has 7 heavy (non-hydrogen) atoms. The van der Waals surface area contributed by atoms with Gasteiger partial charge < -0.3 is 13.3 Å². The average Bonchev–Trinajstić information content (AvgIpc) is 1.61. The van der Waals surface area contributed by atoms with Gasteiger partial charge in [-0.2, -0.15) is 6.42 Å². The molecule has 0 bridgehead atoms. The van der Waals surface area contributed by atoms with E-state index in [0.29, 0.717) is 0 Å². The van der Waals surface area contributed by atoms with Crippen molar-refractivity contribution in [1.82, 2.24) is 0 Å². The zero-order valence-electron chi connectivity index (χ0n) is 4.78. The molecule has 0 unspecified atom stereocenters. The van der Waals surface area contributed by atoms with Crippen molar-refractivity contribution in [3.05, 3.63) is 13.3 Å². The summed E-state index contributed by atoms with van der Waals surface area (Å²) in [5, 5.41) is 0. The van der Waals surface area contributed by atoms with Crippen molar-refractivity contribution in [2.75, 3.05) is 0 Å². The smallest absolute Gasteiger partial charge is 0 e. The first-order chi connectivity index (χ1) is 2.91. The number of unbranched alkanes of at least 4 members (excludes halogenated alkanes) is 3. The van der Waals surface area contributed by atoms with Crippen molar-refractivity contribution in [2.24, 2.45) is 0 Å². The van der Waals surface area contributed by atoms with Gasteiger partial charge in [-0.1, -0.05) is 6.92 Å². The van der Waals surface area contributed by atoms with Gasteiger partial charge in [-0.05, 0) is 0 Å². The first-order valence-electron chi connectivity index (χ1n) is 2.52. The minimum Gasteiger partial charge on any atom is -0.346 e. The molecule has 0 nitrogen and oxygen atoms in total. The third-order valence-electron chi connectivity index (χ3n) is 0.697. The number of hydrogen-bond acceptors (Lipinski definition) is 0. The monoisotopic (exact) mass is 325 g/mol. The minimum absolute atomic E-state index is 0. The molecule has 1 radical (unpaired) electrons. The maximum atomic E-state index is 3.69. The summed E-state index contributed by atoms with van der Waals surface area (Å²) in [4.78, 5) is 0. The van der Waals surface area contributed by atoms with Crippen molar-refractivity contribution in [1.29, 1.82) is 0 Å². The summed E-state index contributed by atoms with van der Waals surface area (Å²) in [5.41, 5.74) is 0. The molecule has 0 amide bonds. The summed E-state index contributed by atoms with van der Waals surface area (Å²) in [6, 6.07) is 0. The fraction of sp³-hybridized carbons (Fsp3) is 0.667. The maximum absolute atomic E-state index is 3.69. The maximum Gasteiger partial charge on any atom is 0 e. The van der Waals surface area contributed by atoms with E-state index in [2.05, 4.69) is 20.3 Å². The fourth-order valence-corrected chi connectivity index (χ4v) is 0.348. The molecular formula is C6H12Am-2. The molecule has 0 aliphatic carbocycles. The summed E-state index contributed by atoms with van der Waals surface area (Å²) in [6.07, 6.45) is 5.66. The van der Waals surface area contributed by atoms with E-state index in [9.17, 15) is 0 Å². The van der Waals surface area contributed by atoms with Crippen LogP contribution in [0.4, 0.5) is 0 Å². The Hall–Kier alpha value is 0.390. The van der Waals surface area contributed by atoms with Crippen LogP contribution >= 0.6 is 0 Å². The van der Waals surface area contributed by atoms with E-state index >= 15 is 0 Å². The molecule has 0 aromatic rings. The Morgan fingerprint density at radius 2 is 2.14 bits per heavy atom. The topological polar surface area (TPSA) is 0 Å². The van der Waals surface area contributed by atoms with Crippen LogP contribution in [-0.4, -0.2) is 0 Å². The van der Waals surface area contributed by atoms with Gasteiger partial charge in [0.15, 0.2) is 0 Å². The molecule has 0 saturated heterocycles. The molecule has 0 aliphatic heterocycles. The van der Waals surface area contributed by atoms with Crippen LogP contribution in [0.2, 0.25) is 0 Å². The predicted molar refractivity (Wildman–Crippen MR) is 29.2 cm³/mol. The van der Waals surface area contributed by atoms with Gasteiger partial charge in [-0.3, -0.25) is 0 Å². The summed E-state index contributed by atoms with van der Waals surface area (Å²) in [6.45, 7) is 5.84. The van der Waals surface area contributed by atoms with E-state index in [4.69, 9.17) is 0 Å². The summed E-state index contributed by atoms with van der Waals surface area (Å²) < 4.78 is 0. The van der Waals surface area contributed by atoms with Gasteiger partial charge in [0.05, 0.1) is 0 Å². The van der Waals surface area contributed by atoms with Gasteiger partial charge in [-0.15, -0.1) is 0 Å². The zero-order valence-corrected chi connectivity index (χ0v) is 7.93. The van der Waals surface area contributed by atoms with Crippen molar-refractivity contribution in [2.45, 2.75) is 26.2 Å². The summed E-state index contributed by atoms with van der Waals surface area (Å²) in [7, 11) is 0. The Morgan fingerprint density at radius 3 is 2.29 bits per heavy atom. The molecular weight excluding hydrogens is 315 g/mol. The number of rotatable bonds is 3. The Bertz CT molecular complexity index is 16.1. The van der Waals surface area contributed by atoms with Crippen molar-refractivity contribution < 1.29 is 14.3 Å². The van der Waals surface area contributed by atoms with Crippen molar-refractivity contribution in [3.8, 4) is 0 Å². The predicted octanol–water partition coefficient (Wildman–Crippen LogP) is 2.21. The second kappa shape index (κ2) is 9.63. The Labute approximate surface area is 54.5 Å². The van der Waals surface area contributed by atoms with E-state index in [1.54, 1.807) is 0 Å². The zero-order chi connectivity index (χ0) is 4.83. The molecule has 0 saturated carbocycles. The van der Waals surface area contributed by atoms with Gasteiger partial charge >= 0.3 is 0 Å². The van der Waals surface area contributed by atoms with Gasteiger partial charge in [0, 0.05) is 14.3 Å². The molecule has 0 N–H and O–H groups in total. The Kier molecular flexibility index (Phi) is 14.3. The van der Waals surface area contributed by atoms with E-state index < -0.39 is 0 Å². The van der Waals surface area contributed by atoms with Gasteiger partial charge in [-0.25, -0.2) is 12.8 Å². The van der Waals surface area contributed by atoms with Crippen LogP contribution in [-0.2, 0) is 0 Å². The van der Waals surface area contributed by atoms with Gasteiger partial charge in [0.25, 0.3) is 0 Å². The fourth-order valence-electron chi connectivity index (χ4n) is 0.348. The summed E-state index contributed by atoms with van der Waals surface area (Å²) in [5.74, 6) is 0.